The van der Waals surface area contributed by atoms with E-state index in [9.17, 15) is 4.39 Å². The molecule has 0 amide bonds. The van der Waals surface area contributed by atoms with Gasteiger partial charge in [0.2, 0.25) is 0 Å². The van der Waals surface area contributed by atoms with Crippen LogP contribution in [0.1, 0.15) is 11.1 Å². The number of hydrogen-bond donors (Lipinski definition) is 0. The van der Waals surface area contributed by atoms with Crippen molar-refractivity contribution < 1.29 is 4.39 Å². The van der Waals surface area contributed by atoms with Gasteiger partial charge in [-0.15, -0.1) is 11.3 Å². The van der Waals surface area contributed by atoms with Crippen molar-refractivity contribution in [3.63, 3.8) is 0 Å². The average Bonchev–Trinajstić information content (AvgIpc) is 2.85. The zero-order valence-electron chi connectivity index (χ0n) is 12.1. The van der Waals surface area contributed by atoms with Crippen LogP contribution < -0.4 is 3.98 Å². The Bertz CT molecular complexity index is 896. The van der Waals surface area contributed by atoms with Gasteiger partial charge in [-0.3, -0.25) is 0 Å². The number of halogens is 2. The Kier molecular flexibility index (Phi) is 4.75. The van der Waals surface area contributed by atoms with Gasteiger partial charge < -0.3 is 0 Å². The van der Waals surface area contributed by atoms with Crippen LogP contribution in [-0.2, 0) is 0 Å². The normalized spacial score (nSPS) is 11.9. The molecule has 0 aliphatic heterocycles. The fraction of sp³-hybridized carbons (Fsp3) is 0.118. The second kappa shape index (κ2) is 6.60. The number of nitrogens with zero attached hydrogens (tertiary/aromatic N) is 1. The van der Waals surface area contributed by atoms with E-state index in [2.05, 4.69) is 22.6 Å². The summed E-state index contributed by atoms with van der Waals surface area (Å²) in [7, 11) is 0. The maximum atomic E-state index is 14.3. The van der Waals surface area contributed by atoms with E-state index >= 15 is 0 Å². The standard InChI is InChI=1S/C17H13FINS2/c1-10-6-3-4-9-13(10)20-17-21-15(16(19)22-17)12-8-5-7-11(2)14(12)18/h3-9H,1-2H3. The molecule has 2 aromatic carbocycles. The molecule has 0 fully saturated rings. The quantitative estimate of drug-likeness (QED) is 0.428. The van der Waals surface area contributed by atoms with E-state index < -0.39 is 0 Å². The van der Waals surface area contributed by atoms with E-state index in [0.29, 0.717) is 11.1 Å². The molecule has 0 unspecified atom stereocenters. The molecule has 0 saturated carbocycles. The lowest BCUT2D eigenvalue weighted by Gasteiger charge is -2.02. The minimum atomic E-state index is -0.142. The van der Waals surface area contributed by atoms with Gasteiger partial charge in [-0.05, 0) is 53.6 Å². The number of aryl methyl sites for hydroxylation is 2. The highest BCUT2D eigenvalue weighted by Gasteiger charge is 2.13. The van der Waals surface area contributed by atoms with Gasteiger partial charge in [0.15, 0.2) is 3.98 Å². The summed E-state index contributed by atoms with van der Waals surface area (Å²) < 4.78 is 16.4. The van der Waals surface area contributed by atoms with Crippen LogP contribution in [0.15, 0.2) is 47.5 Å². The third-order valence-corrected chi connectivity index (χ3v) is 7.05. The molecule has 5 heteroatoms. The van der Waals surface area contributed by atoms with Crippen molar-refractivity contribution >= 4 is 51.0 Å². The van der Waals surface area contributed by atoms with Crippen LogP contribution in [0.25, 0.3) is 10.4 Å². The molecule has 1 aromatic heterocycles. The van der Waals surface area contributed by atoms with Gasteiger partial charge in [0.05, 0.1) is 13.4 Å². The minimum Gasteiger partial charge on any atom is -0.227 e. The van der Waals surface area contributed by atoms with Gasteiger partial charge in [-0.2, -0.15) is 0 Å². The Morgan fingerprint density at radius 3 is 2.45 bits per heavy atom. The lowest BCUT2D eigenvalue weighted by Crippen LogP contribution is -1.87. The maximum absolute atomic E-state index is 14.3. The summed E-state index contributed by atoms with van der Waals surface area (Å²) in [5.74, 6) is -0.142. The number of benzene rings is 2. The first-order valence-electron chi connectivity index (χ1n) is 6.71. The predicted molar refractivity (Wildman–Crippen MR) is 101 cm³/mol. The molecule has 1 nitrogen and oxygen atoms in total. The van der Waals surface area contributed by atoms with E-state index in [1.807, 2.05) is 43.3 Å². The van der Waals surface area contributed by atoms with Crippen molar-refractivity contribution in [2.24, 2.45) is 4.99 Å². The SMILES string of the molecule is Cc1ccccc1N=c1sc(I)c(-c2cccc(C)c2F)s1. The second-order valence-corrected chi connectivity index (χ2v) is 8.97. The Hall–Kier alpha value is -1.05. The van der Waals surface area contributed by atoms with Crippen LogP contribution in [-0.4, -0.2) is 0 Å². The first kappa shape index (κ1) is 15.8. The number of rotatable bonds is 2. The first-order valence-corrected chi connectivity index (χ1v) is 9.42. The van der Waals surface area contributed by atoms with E-state index in [4.69, 9.17) is 4.99 Å². The van der Waals surface area contributed by atoms with Crippen LogP contribution in [0.3, 0.4) is 0 Å². The molecule has 0 saturated heterocycles. The molecular formula is C17H13FINS2. The van der Waals surface area contributed by atoms with E-state index in [-0.39, 0.29) is 5.82 Å². The third-order valence-electron chi connectivity index (χ3n) is 3.31. The molecule has 22 heavy (non-hydrogen) atoms. The number of para-hydroxylation sites is 1. The Balaban J connectivity index is 2.12. The van der Waals surface area contributed by atoms with Crippen molar-refractivity contribution in [1.82, 2.24) is 0 Å². The molecule has 3 aromatic rings. The third kappa shape index (κ3) is 3.16. The number of hydrogen-bond acceptors (Lipinski definition) is 3. The Labute approximate surface area is 150 Å². The Morgan fingerprint density at radius 1 is 0.955 bits per heavy atom. The van der Waals surface area contributed by atoms with Gasteiger partial charge >= 0.3 is 0 Å². The molecule has 0 spiro atoms. The van der Waals surface area contributed by atoms with Crippen LogP contribution >= 0.6 is 45.3 Å². The van der Waals surface area contributed by atoms with Crippen molar-refractivity contribution in [2.75, 3.05) is 0 Å². The summed E-state index contributed by atoms with van der Waals surface area (Å²) in [6.45, 7) is 3.84. The summed E-state index contributed by atoms with van der Waals surface area (Å²) >= 11 is 5.41. The average molecular weight is 441 g/mol. The largest absolute Gasteiger partial charge is 0.227 e. The van der Waals surface area contributed by atoms with E-state index in [1.54, 1.807) is 35.7 Å². The molecule has 0 radical (unpaired) electrons. The van der Waals surface area contributed by atoms with Crippen molar-refractivity contribution in [3.8, 4) is 10.4 Å². The fourth-order valence-electron chi connectivity index (χ4n) is 2.09. The molecule has 3 rings (SSSR count). The molecule has 0 aliphatic carbocycles. The van der Waals surface area contributed by atoms with Gasteiger partial charge in [0.1, 0.15) is 5.82 Å². The molecular weight excluding hydrogens is 428 g/mol. The minimum absolute atomic E-state index is 0.142. The lowest BCUT2D eigenvalue weighted by molar-refractivity contribution is 0.622. The zero-order valence-corrected chi connectivity index (χ0v) is 15.9. The van der Waals surface area contributed by atoms with Gasteiger partial charge in [0.25, 0.3) is 0 Å². The summed E-state index contributed by atoms with van der Waals surface area (Å²) in [6.07, 6.45) is 0. The molecule has 0 aliphatic rings. The van der Waals surface area contributed by atoms with Crippen LogP contribution in [0.5, 0.6) is 0 Å². The highest BCUT2D eigenvalue weighted by molar-refractivity contribution is 14.1. The first-order chi connectivity index (χ1) is 10.6. The van der Waals surface area contributed by atoms with Crippen LogP contribution in [0.4, 0.5) is 10.1 Å². The fourth-order valence-corrected chi connectivity index (χ4v) is 5.87. The van der Waals surface area contributed by atoms with Gasteiger partial charge in [-0.1, -0.05) is 47.7 Å². The Morgan fingerprint density at radius 2 is 1.68 bits per heavy atom. The molecule has 0 N–H and O–H groups in total. The van der Waals surface area contributed by atoms with Crippen molar-refractivity contribution in [3.05, 3.63) is 66.3 Å². The monoisotopic (exact) mass is 441 g/mol. The van der Waals surface area contributed by atoms with E-state index in [0.717, 1.165) is 23.0 Å². The van der Waals surface area contributed by atoms with Gasteiger partial charge in [0, 0.05) is 5.56 Å². The van der Waals surface area contributed by atoms with Gasteiger partial charge in [-0.25, -0.2) is 9.38 Å². The van der Waals surface area contributed by atoms with Crippen LogP contribution in [0.2, 0.25) is 0 Å². The highest BCUT2D eigenvalue weighted by Crippen LogP contribution is 2.34. The molecule has 0 atom stereocenters. The summed E-state index contributed by atoms with van der Waals surface area (Å²) in [6, 6.07) is 13.6. The molecule has 0 bridgehead atoms. The van der Waals surface area contributed by atoms with Crippen LogP contribution in [0, 0.1) is 22.5 Å². The smallest absolute Gasteiger partial charge is 0.172 e. The van der Waals surface area contributed by atoms with E-state index in [1.165, 1.54) is 0 Å². The molecule has 112 valence electrons. The highest BCUT2D eigenvalue weighted by atomic mass is 127. The zero-order chi connectivity index (χ0) is 15.7. The summed E-state index contributed by atoms with van der Waals surface area (Å²) in [5.41, 5.74) is 3.44. The topological polar surface area (TPSA) is 12.4 Å². The summed E-state index contributed by atoms with van der Waals surface area (Å²) in [5, 5.41) is 0. The van der Waals surface area contributed by atoms with Crippen molar-refractivity contribution in [2.45, 2.75) is 13.8 Å². The summed E-state index contributed by atoms with van der Waals surface area (Å²) in [4.78, 5) is 5.67. The predicted octanol–water partition coefficient (Wildman–Crippen LogP) is 6.07. The second-order valence-electron chi connectivity index (χ2n) is 4.91. The lowest BCUT2D eigenvalue weighted by atomic mass is 10.1. The maximum Gasteiger partial charge on any atom is 0.172 e. The van der Waals surface area contributed by atoms with Crippen molar-refractivity contribution in [1.29, 1.82) is 0 Å². The molecule has 1 heterocycles.